The Morgan fingerprint density at radius 2 is 1.64 bits per heavy atom. The van der Waals surface area contributed by atoms with Gasteiger partial charge in [-0.05, 0) is 31.4 Å². The second-order valence-corrected chi connectivity index (χ2v) is 7.62. The van der Waals surface area contributed by atoms with Gasteiger partial charge in [-0.3, -0.25) is 0 Å². The Hall–Kier alpha value is -2.46. The molecule has 33 heavy (non-hydrogen) atoms. The van der Waals surface area contributed by atoms with Crippen molar-refractivity contribution in [2.45, 2.75) is 32.7 Å². The molecule has 0 amide bonds. The molecule has 2 aromatic carbocycles. The van der Waals surface area contributed by atoms with E-state index in [1.807, 2.05) is 25.5 Å². The van der Waals surface area contributed by atoms with E-state index in [0.29, 0.717) is 6.54 Å². The molecule has 3 rings (SSSR count). The van der Waals surface area contributed by atoms with E-state index in [-0.39, 0.29) is 29.9 Å². The normalized spacial score (nSPS) is 11.3. The molecule has 0 unspecified atom stereocenters. The average Bonchev–Trinajstić information content (AvgIpc) is 3.15. The second-order valence-electron chi connectivity index (χ2n) is 7.62. The number of aryl methyl sites for hydroxylation is 1. The number of ether oxygens (including phenoxy) is 1. The third-order valence-electron chi connectivity index (χ3n) is 5.40. The van der Waals surface area contributed by atoms with Gasteiger partial charge in [-0.15, -0.1) is 34.2 Å². The SMILES string of the molecule is CCOCCCNC(=NCc1nnc(C)n1C)NCC(c1ccccc1)c1ccccc1.I. The van der Waals surface area contributed by atoms with Crippen LogP contribution in [0.2, 0.25) is 0 Å². The molecule has 0 aliphatic heterocycles. The van der Waals surface area contributed by atoms with E-state index >= 15 is 0 Å². The number of nitrogens with zero attached hydrogens (tertiary/aromatic N) is 4. The van der Waals surface area contributed by atoms with Crippen LogP contribution in [0.5, 0.6) is 0 Å². The lowest BCUT2D eigenvalue weighted by Gasteiger charge is -2.21. The predicted octanol–water partition coefficient (Wildman–Crippen LogP) is 4.04. The van der Waals surface area contributed by atoms with E-state index in [1.165, 1.54) is 11.1 Å². The Bertz CT molecular complexity index is 922. The number of aromatic nitrogens is 3. The summed E-state index contributed by atoms with van der Waals surface area (Å²) in [7, 11) is 1.96. The summed E-state index contributed by atoms with van der Waals surface area (Å²) in [4.78, 5) is 4.78. The zero-order chi connectivity index (χ0) is 22.6. The van der Waals surface area contributed by atoms with Gasteiger partial charge in [0.1, 0.15) is 12.4 Å². The van der Waals surface area contributed by atoms with Crippen LogP contribution >= 0.6 is 24.0 Å². The van der Waals surface area contributed by atoms with Gasteiger partial charge in [0, 0.05) is 39.3 Å². The number of nitrogens with one attached hydrogen (secondary N) is 2. The van der Waals surface area contributed by atoms with Gasteiger partial charge in [0.05, 0.1) is 0 Å². The third kappa shape index (κ3) is 8.43. The van der Waals surface area contributed by atoms with Crippen LogP contribution in [0.25, 0.3) is 0 Å². The van der Waals surface area contributed by atoms with Crippen LogP contribution in [0, 0.1) is 6.92 Å². The fourth-order valence-electron chi connectivity index (χ4n) is 3.44. The fourth-order valence-corrected chi connectivity index (χ4v) is 3.44. The van der Waals surface area contributed by atoms with Crippen molar-refractivity contribution in [2.75, 3.05) is 26.3 Å². The molecule has 3 aromatic rings. The molecular weight excluding hydrogens is 527 g/mol. The van der Waals surface area contributed by atoms with Crippen LogP contribution in [0.15, 0.2) is 65.7 Å². The molecular formula is C25H35IN6O. The van der Waals surface area contributed by atoms with Gasteiger partial charge in [-0.1, -0.05) is 60.7 Å². The average molecular weight is 563 g/mol. The maximum atomic E-state index is 5.46. The molecule has 0 fully saturated rings. The summed E-state index contributed by atoms with van der Waals surface area (Å²) < 4.78 is 7.42. The van der Waals surface area contributed by atoms with Crippen LogP contribution in [-0.2, 0) is 18.3 Å². The van der Waals surface area contributed by atoms with Gasteiger partial charge >= 0.3 is 0 Å². The molecule has 2 N–H and O–H groups in total. The minimum Gasteiger partial charge on any atom is -0.382 e. The summed E-state index contributed by atoms with van der Waals surface area (Å²) in [5.41, 5.74) is 2.54. The molecule has 7 nitrogen and oxygen atoms in total. The van der Waals surface area contributed by atoms with Crippen molar-refractivity contribution in [1.29, 1.82) is 0 Å². The number of aliphatic imine (C=N–C) groups is 1. The van der Waals surface area contributed by atoms with E-state index in [4.69, 9.17) is 9.73 Å². The molecule has 178 valence electrons. The smallest absolute Gasteiger partial charge is 0.191 e. The van der Waals surface area contributed by atoms with Crippen molar-refractivity contribution in [3.8, 4) is 0 Å². The monoisotopic (exact) mass is 562 g/mol. The highest BCUT2D eigenvalue weighted by Gasteiger charge is 2.15. The molecule has 0 radical (unpaired) electrons. The number of rotatable bonds is 11. The van der Waals surface area contributed by atoms with Crippen LogP contribution in [0.1, 0.15) is 42.0 Å². The molecule has 0 saturated carbocycles. The molecule has 0 spiro atoms. The summed E-state index contributed by atoms with van der Waals surface area (Å²) >= 11 is 0. The minimum absolute atomic E-state index is 0. The summed E-state index contributed by atoms with van der Waals surface area (Å²) in [6.45, 7) is 7.39. The second kappa shape index (κ2) is 14.6. The minimum atomic E-state index is 0. The van der Waals surface area contributed by atoms with Gasteiger partial charge in [0.15, 0.2) is 11.8 Å². The lowest BCUT2D eigenvalue weighted by atomic mass is 9.91. The maximum Gasteiger partial charge on any atom is 0.191 e. The van der Waals surface area contributed by atoms with Crippen molar-refractivity contribution in [2.24, 2.45) is 12.0 Å². The highest BCUT2D eigenvalue weighted by molar-refractivity contribution is 14.0. The molecule has 0 aliphatic rings. The molecule has 1 aromatic heterocycles. The lowest BCUT2D eigenvalue weighted by molar-refractivity contribution is 0.145. The predicted molar refractivity (Wildman–Crippen MR) is 144 cm³/mol. The Labute approximate surface area is 214 Å². The van der Waals surface area contributed by atoms with E-state index in [9.17, 15) is 0 Å². The zero-order valence-electron chi connectivity index (χ0n) is 19.7. The maximum absolute atomic E-state index is 5.46. The first kappa shape index (κ1) is 26.8. The van der Waals surface area contributed by atoms with Crippen molar-refractivity contribution >= 4 is 29.9 Å². The number of halogens is 1. The largest absolute Gasteiger partial charge is 0.382 e. The van der Waals surface area contributed by atoms with Crippen molar-refractivity contribution in [3.63, 3.8) is 0 Å². The Kier molecular flexibility index (Phi) is 11.9. The molecule has 0 aliphatic carbocycles. The first-order valence-electron chi connectivity index (χ1n) is 11.2. The number of guanidine groups is 1. The number of hydrogen-bond donors (Lipinski definition) is 2. The zero-order valence-corrected chi connectivity index (χ0v) is 22.0. The van der Waals surface area contributed by atoms with E-state index in [0.717, 1.165) is 50.3 Å². The first-order valence-corrected chi connectivity index (χ1v) is 11.2. The Morgan fingerprint density at radius 3 is 2.18 bits per heavy atom. The number of hydrogen-bond acceptors (Lipinski definition) is 4. The molecule has 0 saturated heterocycles. The standard InChI is InChI=1S/C25H34N6O.HI/c1-4-32-17-11-16-26-25(28-19-24-30-29-20(2)31(24)3)27-18-23(21-12-7-5-8-13-21)22-14-9-6-10-15-22;/h5-10,12-15,23H,4,11,16-19H2,1-3H3,(H2,26,27,28);1H. The highest BCUT2D eigenvalue weighted by atomic mass is 127. The summed E-state index contributed by atoms with van der Waals surface area (Å²) in [6, 6.07) is 21.1. The van der Waals surface area contributed by atoms with E-state index in [2.05, 4.69) is 81.5 Å². The summed E-state index contributed by atoms with van der Waals surface area (Å²) in [6.07, 6.45) is 0.915. The topological polar surface area (TPSA) is 76.4 Å². The summed E-state index contributed by atoms with van der Waals surface area (Å²) in [5, 5.41) is 15.3. The Morgan fingerprint density at radius 1 is 1.00 bits per heavy atom. The number of benzene rings is 2. The molecule has 1 heterocycles. The summed E-state index contributed by atoms with van der Waals surface area (Å²) in [5.74, 6) is 2.69. The Balaban J connectivity index is 0.00000385. The highest BCUT2D eigenvalue weighted by Crippen LogP contribution is 2.23. The van der Waals surface area contributed by atoms with Crippen molar-refractivity contribution in [1.82, 2.24) is 25.4 Å². The van der Waals surface area contributed by atoms with Crippen LogP contribution in [0.3, 0.4) is 0 Å². The van der Waals surface area contributed by atoms with Gasteiger partial charge in [0.25, 0.3) is 0 Å². The van der Waals surface area contributed by atoms with Gasteiger partial charge in [0.2, 0.25) is 0 Å². The molecule has 0 atom stereocenters. The van der Waals surface area contributed by atoms with Gasteiger partial charge < -0.3 is 19.9 Å². The van der Waals surface area contributed by atoms with Crippen LogP contribution < -0.4 is 10.6 Å². The van der Waals surface area contributed by atoms with Crippen molar-refractivity contribution < 1.29 is 4.74 Å². The molecule has 0 bridgehead atoms. The fraction of sp³-hybridized carbons (Fsp3) is 0.400. The molecule has 8 heteroatoms. The van der Waals surface area contributed by atoms with E-state index in [1.54, 1.807) is 0 Å². The lowest BCUT2D eigenvalue weighted by Crippen LogP contribution is -2.40. The van der Waals surface area contributed by atoms with Crippen LogP contribution in [0.4, 0.5) is 0 Å². The van der Waals surface area contributed by atoms with Gasteiger partial charge in [-0.25, -0.2) is 4.99 Å². The van der Waals surface area contributed by atoms with Crippen molar-refractivity contribution in [3.05, 3.63) is 83.4 Å². The first-order chi connectivity index (χ1) is 15.7. The van der Waals surface area contributed by atoms with E-state index < -0.39 is 0 Å². The van der Waals surface area contributed by atoms with Gasteiger partial charge in [-0.2, -0.15) is 0 Å². The quantitative estimate of drug-likeness (QED) is 0.160. The third-order valence-corrected chi connectivity index (χ3v) is 5.40. The van der Waals surface area contributed by atoms with Crippen LogP contribution in [-0.4, -0.2) is 47.0 Å².